The van der Waals surface area contributed by atoms with Gasteiger partial charge in [0, 0.05) is 17.6 Å². The lowest BCUT2D eigenvalue weighted by atomic mass is 10.1. The molecule has 1 aliphatic rings. The summed E-state index contributed by atoms with van der Waals surface area (Å²) in [6.45, 7) is 2.13. The molecule has 31 heavy (non-hydrogen) atoms. The van der Waals surface area contributed by atoms with E-state index in [4.69, 9.17) is 0 Å². The highest BCUT2D eigenvalue weighted by Crippen LogP contribution is 2.37. The second-order valence-electron chi connectivity index (χ2n) is 7.65. The van der Waals surface area contributed by atoms with E-state index in [1.807, 2.05) is 43.3 Å². The van der Waals surface area contributed by atoms with E-state index in [0.717, 1.165) is 22.2 Å². The van der Waals surface area contributed by atoms with Crippen LogP contribution in [0.4, 0.5) is 5.69 Å². The third kappa shape index (κ3) is 3.41. The first-order chi connectivity index (χ1) is 14.9. The molecule has 2 N–H and O–H groups in total. The van der Waals surface area contributed by atoms with Crippen LogP contribution in [-0.4, -0.2) is 22.8 Å². The number of nitrogens with one attached hydrogen (secondary N) is 1. The van der Waals surface area contributed by atoms with E-state index in [0.29, 0.717) is 11.2 Å². The van der Waals surface area contributed by atoms with Gasteiger partial charge in [-0.15, -0.1) is 0 Å². The van der Waals surface area contributed by atoms with Crippen LogP contribution in [0, 0.1) is 6.92 Å². The second kappa shape index (κ2) is 7.37. The molecule has 1 aromatic heterocycles. The summed E-state index contributed by atoms with van der Waals surface area (Å²) in [7, 11) is -3.81. The molecule has 3 aromatic carbocycles. The van der Waals surface area contributed by atoms with Crippen molar-refractivity contribution in [1.82, 2.24) is 9.29 Å². The van der Waals surface area contributed by atoms with Gasteiger partial charge >= 0.3 is 0 Å². The Hall–Kier alpha value is -3.42. The van der Waals surface area contributed by atoms with E-state index < -0.39 is 16.2 Å². The molecule has 0 unspecified atom stereocenters. The van der Waals surface area contributed by atoms with Crippen molar-refractivity contribution in [2.24, 2.45) is 0 Å². The summed E-state index contributed by atoms with van der Waals surface area (Å²) in [5.74, 6) is 0.0588. The molecule has 0 saturated heterocycles. The van der Waals surface area contributed by atoms with Crippen LogP contribution in [0.5, 0.6) is 5.75 Å². The van der Waals surface area contributed by atoms with Crippen molar-refractivity contribution in [1.29, 1.82) is 0 Å². The molecule has 6 nitrogen and oxygen atoms in total. The summed E-state index contributed by atoms with van der Waals surface area (Å²) in [6.07, 6.45) is -0.717. The summed E-state index contributed by atoms with van der Waals surface area (Å²) in [5.41, 5.74) is 3.69. The van der Waals surface area contributed by atoms with Gasteiger partial charge in [-0.2, -0.15) is 4.31 Å². The normalized spacial score (nSPS) is 16.6. The number of phenolic OH excluding ortho intramolecular Hbond substituents is 1. The van der Waals surface area contributed by atoms with E-state index in [9.17, 15) is 13.5 Å². The van der Waals surface area contributed by atoms with E-state index >= 15 is 0 Å². The Morgan fingerprint density at radius 3 is 2.55 bits per heavy atom. The average Bonchev–Trinajstić information content (AvgIpc) is 2.78. The fraction of sp³-hybridized carbons (Fsp3) is 0.125. The van der Waals surface area contributed by atoms with Crippen molar-refractivity contribution in [3.05, 3.63) is 95.7 Å². The molecule has 1 aliphatic heterocycles. The maximum atomic E-state index is 13.6. The lowest BCUT2D eigenvalue weighted by Gasteiger charge is -2.37. The number of aromatic nitrogens is 1. The van der Waals surface area contributed by atoms with Gasteiger partial charge < -0.3 is 10.4 Å². The topological polar surface area (TPSA) is 82.5 Å². The van der Waals surface area contributed by atoms with Crippen LogP contribution in [0.1, 0.15) is 23.0 Å². The van der Waals surface area contributed by atoms with Crippen LogP contribution >= 0.6 is 0 Å². The number of anilines is 1. The van der Waals surface area contributed by atoms with E-state index in [-0.39, 0.29) is 17.2 Å². The summed E-state index contributed by atoms with van der Waals surface area (Å²) < 4.78 is 28.7. The van der Waals surface area contributed by atoms with Crippen molar-refractivity contribution in [2.45, 2.75) is 24.5 Å². The second-order valence-corrected chi connectivity index (χ2v) is 9.54. The van der Waals surface area contributed by atoms with Crippen molar-refractivity contribution in [3.63, 3.8) is 0 Å². The van der Waals surface area contributed by atoms with Gasteiger partial charge in [0.05, 0.1) is 10.6 Å². The van der Waals surface area contributed by atoms with Gasteiger partial charge in [-0.25, -0.2) is 13.4 Å². The Balaban J connectivity index is 1.66. The predicted molar refractivity (Wildman–Crippen MR) is 120 cm³/mol. The van der Waals surface area contributed by atoms with Crippen molar-refractivity contribution in [3.8, 4) is 5.75 Å². The number of rotatable bonds is 3. The molecule has 0 fully saturated rings. The number of para-hydroxylation sites is 2. The minimum Gasteiger partial charge on any atom is -0.506 e. The molecule has 156 valence electrons. The van der Waals surface area contributed by atoms with Gasteiger partial charge in [0.25, 0.3) is 0 Å². The third-order valence-corrected chi connectivity index (χ3v) is 7.38. The Labute approximate surface area is 180 Å². The molecular formula is C24H21N3O3S. The number of pyridine rings is 1. The molecular weight excluding hydrogens is 410 g/mol. The molecule has 0 aliphatic carbocycles. The number of benzene rings is 3. The summed E-state index contributed by atoms with van der Waals surface area (Å²) in [6, 6.07) is 23.3. The molecule has 0 amide bonds. The monoisotopic (exact) mass is 431 g/mol. The molecule has 7 heteroatoms. The van der Waals surface area contributed by atoms with Crippen LogP contribution in [-0.2, 0) is 16.6 Å². The smallest absolute Gasteiger partial charge is 0.245 e. The largest absolute Gasteiger partial charge is 0.506 e. The third-order valence-electron chi connectivity index (χ3n) is 5.55. The number of aryl methyl sites for hydroxylation is 1. The standard InChI is InChI=1S/C24H21N3O3S/c1-16-9-12-19(13-10-16)31(29,30)27-15-18-5-2-3-7-20(18)26-24(27)21-14-11-17-6-4-8-22(28)23(17)25-21/h2-14,24,26,28H,15H2,1H3/t24-/m0/s1. The first kappa shape index (κ1) is 19.5. The molecule has 1 atom stereocenters. The number of nitrogens with zero attached hydrogens (tertiary/aromatic N) is 2. The number of sulfonamides is 1. The Bertz CT molecular complexity index is 1390. The summed E-state index contributed by atoms with van der Waals surface area (Å²) in [4.78, 5) is 4.85. The van der Waals surface area contributed by atoms with Gasteiger partial charge in [-0.3, -0.25) is 0 Å². The Kier molecular flexibility index (Phi) is 4.64. The van der Waals surface area contributed by atoms with Crippen molar-refractivity contribution < 1.29 is 13.5 Å². The van der Waals surface area contributed by atoms with E-state index in [1.54, 1.807) is 42.5 Å². The van der Waals surface area contributed by atoms with Crippen LogP contribution in [0.2, 0.25) is 0 Å². The van der Waals surface area contributed by atoms with Gasteiger partial charge in [-0.05, 0) is 42.8 Å². The fourth-order valence-corrected chi connectivity index (χ4v) is 5.37. The summed E-state index contributed by atoms with van der Waals surface area (Å²) in [5, 5.41) is 14.4. The number of phenols is 1. The van der Waals surface area contributed by atoms with E-state index in [2.05, 4.69) is 10.3 Å². The molecule has 0 radical (unpaired) electrons. The zero-order valence-corrected chi connectivity index (χ0v) is 17.7. The van der Waals surface area contributed by atoms with Crippen molar-refractivity contribution >= 4 is 26.6 Å². The first-order valence-electron chi connectivity index (χ1n) is 9.95. The average molecular weight is 432 g/mol. The lowest BCUT2D eigenvalue weighted by Crippen LogP contribution is -2.41. The first-order valence-corrected chi connectivity index (χ1v) is 11.4. The highest BCUT2D eigenvalue weighted by atomic mass is 32.2. The maximum absolute atomic E-state index is 13.6. The maximum Gasteiger partial charge on any atom is 0.245 e. The minimum absolute atomic E-state index is 0.0588. The molecule has 4 aromatic rings. The van der Waals surface area contributed by atoms with Gasteiger partial charge in [0.1, 0.15) is 17.4 Å². The van der Waals surface area contributed by atoms with Gasteiger partial charge in [0.15, 0.2) is 0 Å². The quantitative estimate of drug-likeness (QED) is 0.497. The lowest BCUT2D eigenvalue weighted by molar-refractivity contribution is 0.327. The highest BCUT2D eigenvalue weighted by molar-refractivity contribution is 7.89. The molecule has 0 spiro atoms. The number of fused-ring (bicyclic) bond motifs is 2. The van der Waals surface area contributed by atoms with Crippen LogP contribution in [0.25, 0.3) is 10.9 Å². The predicted octanol–water partition coefficient (Wildman–Crippen LogP) is 4.56. The van der Waals surface area contributed by atoms with Gasteiger partial charge in [0.2, 0.25) is 10.0 Å². The molecule has 2 heterocycles. The minimum atomic E-state index is -3.81. The zero-order chi connectivity index (χ0) is 21.6. The van der Waals surface area contributed by atoms with Gasteiger partial charge in [-0.1, -0.05) is 54.1 Å². The zero-order valence-electron chi connectivity index (χ0n) is 16.9. The molecule has 0 saturated carbocycles. The molecule has 0 bridgehead atoms. The number of hydrogen-bond donors (Lipinski definition) is 2. The number of hydrogen-bond acceptors (Lipinski definition) is 5. The van der Waals surface area contributed by atoms with E-state index in [1.165, 1.54) is 4.31 Å². The van der Waals surface area contributed by atoms with Crippen LogP contribution < -0.4 is 5.32 Å². The highest BCUT2D eigenvalue weighted by Gasteiger charge is 2.37. The Morgan fingerprint density at radius 1 is 0.968 bits per heavy atom. The SMILES string of the molecule is Cc1ccc(S(=O)(=O)N2Cc3ccccc3N[C@@H]2c2ccc3cccc(O)c3n2)cc1. The molecule has 5 rings (SSSR count). The number of aromatic hydroxyl groups is 1. The fourth-order valence-electron chi connectivity index (χ4n) is 3.87. The van der Waals surface area contributed by atoms with Crippen molar-refractivity contribution in [2.75, 3.05) is 5.32 Å². The van der Waals surface area contributed by atoms with Crippen LogP contribution in [0.15, 0.2) is 83.8 Å². The summed E-state index contributed by atoms with van der Waals surface area (Å²) >= 11 is 0. The van der Waals surface area contributed by atoms with Crippen LogP contribution in [0.3, 0.4) is 0 Å². The Morgan fingerprint density at radius 2 is 1.74 bits per heavy atom.